The van der Waals surface area contributed by atoms with E-state index in [0.29, 0.717) is 11.8 Å². The van der Waals surface area contributed by atoms with Gasteiger partial charge in [-0.3, -0.25) is 0 Å². The van der Waals surface area contributed by atoms with Gasteiger partial charge in [-0.15, -0.1) is 5.10 Å². The average molecular weight is 383 g/mol. The number of aromatic nitrogens is 3. The molecule has 0 saturated carbocycles. The van der Waals surface area contributed by atoms with Gasteiger partial charge in [-0.2, -0.15) is 10.1 Å². The van der Waals surface area contributed by atoms with Crippen LogP contribution in [0.25, 0.3) is 0 Å². The first-order valence-electron chi connectivity index (χ1n) is 9.44. The Balaban J connectivity index is 1.48. The summed E-state index contributed by atoms with van der Waals surface area (Å²) >= 11 is 0. The smallest absolute Gasteiger partial charge is 0.251 e. The molecule has 0 amide bonds. The van der Waals surface area contributed by atoms with Gasteiger partial charge in [0, 0.05) is 17.9 Å². The van der Waals surface area contributed by atoms with Crippen molar-refractivity contribution in [3.63, 3.8) is 0 Å². The molecule has 6 nitrogen and oxygen atoms in total. The number of nitrogens with one attached hydrogen (secondary N) is 1. The van der Waals surface area contributed by atoms with E-state index in [4.69, 9.17) is 4.74 Å². The zero-order chi connectivity index (χ0) is 19.9. The van der Waals surface area contributed by atoms with Gasteiger partial charge in [0.1, 0.15) is 11.5 Å². The molecule has 144 valence electrons. The van der Waals surface area contributed by atoms with E-state index in [1.807, 2.05) is 89.8 Å². The number of hydrogen-bond acceptors (Lipinski definition) is 6. The second kappa shape index (κ2) is 8.84. The van der Waals surface area contributed by atoms with Crippen LogP contribution in [0.3, 0.4) is 0 Å². The molecular weight excluding hydrogens is 362 g/mol. The summed E-state index contributed by atoms with van der Waals surface area (Å²) in [5.74, 6) is 2.75. The second-order valence-corrected chi connectivity index (χ2v) is 6.29. The summed E-state index contributed by atoms with van der Waals surface area (Å²) in [6, 6.07) is 27.4. The Hall–Kier alpha value is -3.93. The molecule has 3 aromatic carbocycles. The van der Waals surface area contributed by atoms with E-state index in [9.17, 15) is 0 Å². The molecule has 0 spiro atoms. The number of benzene rings is 3. The molecule has 1 heterocycles. The van der Waals surface area contributed by atoms with Crippen molar-refractivity contribution < 1.29 is 4.74 Å². The van der Waals surface area contributed by atoms with Crippen molar-refractivity contribution in [2.45, 2.75) is 6.92 Å². The Kier molecular flexibility index (Phi) is 5.62. The fourth-order valence-electron chi connectivity index (χ4n) is 2.89. The standard InChI is InChI=1S/C23H21N5O/c1-2-28(19-9-5-3-6-10-19)23-26-22(17-24-27-23)25-18-13-15-21(16-14-18)29-20-11-7-4-8-12-20/h3-17H,2H2,1H3,(H,25,26,27). The Morgan fingerprint density at radius 3 is 2.17 bits per heavy atom. The maximum Gasteiger partial charge on any atom is 0.251 e. The summed E-state index contributed by atoms with van der Waals surface area (Å²) in [7, 11) is 0. The molecule has 0 aliphatic rings. The Morgan fingerprint density at radius 1 is 0.828 bits per heavy atom. The number of nitrogens with zero attached hydrogens (tertiary/aromatic N) is 4. The molecule has 0 bridgehead atoms. The van der Waals surface area contributed by atoms with Crippen molar-refractivity contribution in [2.75, 3.05) is 16.8 Å². The number of hydrogen-bond donors (Lipinski definition) is 1. The van der Waals surface area contributed by atoms with Crippen LogP contribution in [-0.2, 0) is 0 Å². The Bertz CT molecular complexity index is 1040. The molecule has 4 rings (SSSR count). The van der Waals surface area contributed by atoms with Gasteiger partial charge in [-0.25, -0.2) is 0 Å². The molecule has 1 N–H and O–H groups in total. The number of anilines is 4. The van der Waals surface area contributed by atoms with Gasteiger partial charge in [-0.05, 0) is 55.5 Å². The largest absolute Gasteiger partial charge is 0.457 e. The van der Waals surface area contributed by atoms with Crippen LogP contribution in [0.1, 0.15) is 6.92 Å². The van der Waals surface area contributed by atoms with Gasteiger partial charge in [0.15, 0.2) is 5.82 Å². The van der Waals surface area contributed by atoms with Crippen molar-refractivity contribution in [1.82, 2.24) is 15.2 Å². The lowest BCUT2D eigenvalue weighted by Crippen LogP contribution is -2.19. The summed E-state index contributed by atoms with van der Waals surface area (Å²) in [5.41, 5.74) is 1.91. The molecule has 0 unspecified atom stereocenters. The fraction of sp³-hybridized carbons (Fsp3) is 0.0870. The molecule has 4 aromatic rings. The quantitative estimate of drug-likeness (QED) is 0.450. The highest BCUT2D eigenvalue weighted by Crippen LogP contribution is 2.25. The number of para-hydroxylation sites is 2. The third kappa shape index (κ3) is 4.68. The molecular formula is C23H21N5O. The van der Waals surface area contributed by atoms with Crippen LogP contribution < -0.4 is 15.0 Å². The number of rotatable bonds is 7. The minimum Gasteiger partial charge on any atom is -0.457 e. The highest BCUT2D eigenvalue weighted by atomic mass is 16.5. The van der Waals surface area contributed by atoms with Crippen LogP contribution >= 0.6 is 0 Å². The maximum absolute atomic E-state index is 5.83. The first kappa shape index (κ1) is 18.4. The van der Waals surface area contributed by atoms with Crippen molar-refractivity contribution in [1.29, 1.82) is 0 Å². The van der Waals surface area contributed by atoms with E-state index in [1.54, 1.807) is 6.20 Å². The molecule has 1 aromatic heterocycles. The number of ether oxygens (including phenoxy) is 1. The van der Waals surface area contributed by atoms with Crippen molar-refractivity contribution in [3.8, 4) is 11.5 Å². The maximum atomic E-state index is 5.83. The summed E-state index contributed by atoms with van der Waals surface area (Å²) in [6.45, 7) is 2.79. The van der Waals surface area contributed by atoms with Crippen LogP contribution in [0, 0.1) is 0 Å². The topological polar surface area (TPSA) is 63.2 Å². The van der Waals surface area contributed by atoms with Gasteiger partial charge in [-0.1, -0.05) is 36.4 Å². The predicted molar refractivity (Wildman–Crippen MR) is 115 cm³/mol. The van der Waals surface area contributed by atoms with Gasteiger partial charge < -0.3 is 15.0 Å². The minimum atomic E-state index is 0.549. The van der Waals surface area contributed by atoms with E-state index in [-0.39, 0.29) is 0 Å². The monoisotopic (exact) mass is 383 g/mol. The van der Waals surface area contributed by atoms with Crippen molar-refractivity contribution in [2.24, 2.45) is 0 Å². The Labute approximate surface area is 169 Å². The van der Waals surface area contributed by atoms with Crippen molar-refractivity contribution >= 4 is 23.1 Å². The molecule has 0 radical (unpaired) electrons. The molecule has 6 heteroatoms. The SMILES string of the molecule is CCN(c1ccccc1)c1nncc(Nc2ccc(Oc3ccccc3)cc2)n1. The lowest BCUT2D eigenvalue weighted by atomic mass is 10.3. The minimum absolute atomic E-state index is 0.549. The third-order valence-electron chi connectivity index (χ3n) is 4.28. The van der Waals surface area contributed by atoms with Gasteiger partial charge in [0.05, 0.1) is 6.20 Å². The van der Waals surface area contributed by atoms with Crippen molar-refractivity contribution in [3.05, 3.63) is 91.1 Å². The average Bonchev–Trinajstić information content (AvgIpc) is 2.78. The van der Waals surface area contributed by atoms with Gasteiger partial charge >= 0.3 is 0 Å². The molecule has 0 saturated heterocycles. The highest BCUT2D eigenvalue weighted by molar-refractivity contribution is 5.61. The summed E-state index contributed by atoms with van der Waals surface area (Å²) in [6.07, 6.45) is 1.61. The highest BCUT2D eigenvalue weighted by Gasteiger charge is 2.11. The molecule has 29 heavy (non-hydrogen) atoms. The van der Waals surface area contributed by atoms with Crippen LogP contribution in [0.2, 0.25) is 0 Å². The van der Waals surface area contributed by atoms with Crippen LogP contribution in [0.5, 0.6) is 11.5 Å². The zero-order valence-corrected chi connectivity index (χ0v) is 16.1. The summed E-state index contributed by atoms with van der Waals surface area (Å²) in [4.78, 5) is 6.62. The first-order valence-corrected chi connectivity index (χ1v) is 9.44. The molecule has 0 aliphatic carbocycles. The van der Waals surface area contributed by atoms with E-state index in [1.165, 1.54) is 0 Å². The van der Waals surface area contributed by atoms with Gasteiger partial charge in [0.2, 0.25) is 0 Å². The lowest BCUT2D eigenvalue weighted by molar-refractivity contribution is 0.483. The molecule has 0 fully saturated rings. The molecule has 0 atom stereocenters. The summed E-state index contributed by atoms with van der Waals surface area (Å²) in [5, 5.41) is 11.6. The Morgan fingerprint density at radius 2 is 1.48 bits per heavy atom. The van der Waals surface area contributed by atoms with E-state index in [0.717, 1.165) is 29.4 Å². The summed E-state index contributed by atoms with van der Waals surface area (Å²) < 4.78 is 5.83. The first-order chi connectivity index (χ1) is 14.3. The normalized spacial score (nSPS) is 10.4. The molecule has 0 aliphatic heterocycles. The van der Waals surface area contributed by atoms with Gasteiger partial charge in [0.25, 0.3) is 5.95 Å². The third-order valence-corrected chi connectivity index (χ3v) is 4.28. The van der Waals surface area contributed by atoms with Crippen LogP contribution in [-0.4, -0.2) is 21.7 Å². The van der Waals surface area contributed by atoms with Crippen LogP contribution in [0.4, 0.5) is 23.1 Å². The predicted octanol–water partition coefficient (Wildman–Crippen LogP) is 5.57. The van der Waals surface area contributed by atoms with E-state index in [2.05, 4.69) is 27.4 Å². The lowest BCUT2D eigenvalue weighted by Gasteiger charge is -2.20. The second-order valence-electron chi connectivity index (χ2n) is 6.29. The van der Waals surface area contributed by atoms with E-state index >= 15 is 0 Å². The van der Waals surface area contributed by atoms with E-state index < -0.39 is 0 Å². The zero-order valence-electron chi connectivity index (χ0n) is 16.1. The fourth-order valence-corrected chi connectivity index (χ4v) is 2.89. The van der Waals surface area contributed by atoms with Crippen LogP contribution in [0.15, 0.2) is 91.1 Å².